The average molecular weight is 197 g/mol. The summed E-state index contributed by atoms with van der Waals surface area (Å²) in [5, 5.41) is 8.79. The van der Waals surface area contributed by atoms with Crippen LogP contribution in [0.1, 0.15) is 18.9 Å². The van der Waals surface area contributed by atoms with Crippen LogP contribution in [0.5, 0.6) is 0 Å². The van der Waals surface area contributed by atoms with Crippen LogP contribution in [0.25, 0.3) is 0 Å². The Balaban J connectivity index is 2.72. The maximum absolute atomic E-state index is 12.7. The predicted molar refractivity (Wildman–Crippen MR) is 49.3 cm³/mol. The highest BCUT2D eigenvalue weighted by atomic mass is 19.1. The zero-order valence-electron chi connectivity index (χ0n) is 7.90. The van der Waals surface area contributed by atoms with E-state index < -0.39 is 17.7 Å². The molecule has 0 aliphatic carbocycles. The Bertz CT molecular complexity index is 328. The Morgan fingerprint density at radius 2 is 2.36 bits per heavy atom. The second-order valence-corrected chi connectivity index (χ2v) is 3.16. The number of pyridine rings is 1. The van der Waals surface area contributed by atoms with E-state index in [1.165, 1.54) is 12.3 Å². The van der Waals surface area contributed by atoms with Crippen molar-refractivity contribution in [2.24, 2.45) is 5.92 Å². The van der Waals surface area contributed by atoms with E-state index in [1.54, 1.807) is 6.92 Å². The Labute approximate surface area is 81.6 Å². The summed E-state index contributed by atoms with van der Waals surface area (Å²) in [5.74, 6) is -1.74. The normalized spacial score (nSPS) is 12.4. The van der Waals surface area contributed by atoms with Gasteiger partial charge in [0.2, 0.25) is 0 Å². The fourth-order valence-corrected chi connectivity index (χ4v) is 1.26. The van der Waals surface area contributed by atoms with Crippen molar-refractivity contribution in [3.05, 3.63) is 29.8 Å². The van der Waals surface area contributed by atoms with E-state index in [0.717, 1.165) is 6.20 Å². The third kappa shape index (κ3) is 2.80. The van der Waals surface area contributed by atoms with Crippen molar-refractivity contribution in [3.63, 3.8) is 0 Å². The monoisotopic (exact) mass is 197 g/mol. The first-order chi connectivity index (χ1) is 6.63. The van der Waals surface area contributed by atoms with Gasteiger partial charge in [0.1, 0.15) is 5.82 Å². The van der Waals surface area contributed by atoms with Crippen LogP contribution in [0.4, 0.5) is 4.39 Å². The van der Waals surface area contributed by atoms with Crippen LogP contribution in [0.2, 0.25) is 0 Å². The molecule has 14 heavy (non-hydrogen) atoms. The summed E-state index contributed by atoms with van der Waals surface area (Å²) in [6, 6.07) is 1.32. The van der Waals surface area contributed by atoms with Crippen molar-refractivity contribution in [2.75, 3.05) is 0 Å². The van der Waals surface area contributed by atoms with Crippen molar-refractivity contribution < 1.29 is 14.3 Å². The highest BCUT2D eigenvalue weighted by Gasteiger charge is 2.15. The first kappa shape index (κ1) is 10.6. The van der Waals surface area contributed by atoms with Gasteiger partial charge in [-0.3, -0.25) is 9.78 Å². The lowest BCUT2D eigenvalue weighted by atomic mass is 9.98. The first-order valence-corrected chi connectivity index (χ1v) is 4.45. The van der Waals surface area contributed by atoms with E-state index in [0.29, 0.717) is 18.4 Å². The van der Waals surface area contributed by atoms with E-state index in [1.807, 2.05) is 0 Å². The van der Waals surface area contributed by atoms with Gasteiger partial charge in [0, 0.05) is 6.20 Å². The minimum absolute atomic E-state index is 0.330. The molecule has 1 aromatic rings. The van der Waals surface area contributed by atoms with Crippen LogP contribution < -0.4 is 0 Å². The van der Waals surface area contributed by atoms with Crippen LogP contribution in [0, 0.1) is 11.7 Å². The molecule has 4 heteroatoms. The van der Waals surface area contributed by atoms with Crippen LogP contribution in [-0.2, 0) is 11.2 Å². The van der Waals surface area contributed by atoms with Gasteiger partial charge in [-0.05, 0) is 24.5 Å². The number of hydrogen-bond acceptors (Lipinski definition) is 2. The van der Waals surface area contributed by atoms with Gasteiger partial charge >= 0.3 is 5.97 Å². The van der Waals surface area contributed by atoms with Crippen molar-refractivity contribution in [2.45, 2.75) is 19.8 Å². The second kappa shape index (κ2) is 4.69. The summed E-state index contributed by atoms with van der Waals surface area (Å²) in [6.45, 7) is 1.80. The molecule has 3 nitrogen and oxygen atoms in total. The second-order valence-electron chi connectivity index (χ2n) is 3.16. The van der Waals surface area contributed by atoms with Gasteiger partial charge in [-0.1, -0.05) is 6.92 Å². The molecule has 1 N–H and O–H groups in total. The predicted octanol–water partition coefficient (Wildman–Crippen LogP) is 1.87. The number of aromatic nitrogens is 1. The minimum atomic E-state index is -0.850. The van der Waals surface area contributed by atoms with Crippen LogP contribution >= 0.6 is 0 Å². The van der Waals surface area contributed by atoms with E-state index in [4.69, 9.17) is 5.11 Å². The Morgan fingerprint density at radius 1 is 1.64 bits per heavy atom. The zero-order valence-corrected chi connectivity index (χ0v) is 7.90. The van der Waals surface area contributed by atoms with Crippen molar-refractivity contribution in [1.82, 2.24) is 4.98 Å². The van der Waals surface area contributed by atoms with Gasteiger partial charge in [0.15, 0.2) is 0 Å². The fraction of sp³-hybridized carbons (Fsp3) is 0.400. The van der Waals surface area contributed by atoms with Gasteiger partial charge in [-0.25, -0.2) is 4.39 Å². The summed E-state index contributed by atoms with van der Waals surface area (Å²) in [5.41, 5.74) is 0.624. The number of nitrogens with zero attached hydrogens (tertiary/aromatic N) is 1. The van der Waals surface area contributed by atoms with Gasteiger partial charge in [-0.15, -0.1) is 0 Å². The van der Waals surface area contributed by atoms with Gasteiger partial charge in [0.25, 0.3) is 0 Å². The van der Waals surface area contributed by atoms with E-state index in [2.05, 4.69) is 4.98 Å². The number of carboxylic acids is 1. The van der Waals surface area contributed by atoms with E-state index >= 15 is 0 Å². The van der Waals surface area contributed by atoms with Gasteiger partial charge in [0.05, 0.1) is 12.1 Å². The summed E-state index contributed by atoms with van der Waals surface area (Å²) < 4.78 is 12.7. The molecule has 0 aromatic carbocycles. The molecule has 1 atom stereocenters. The number of carbonyl (C=O) groups is 1. The summed E-state index contributed by atoms with van der Waals surface area (Å²) in [6.07, 6.45) is 3.46. The molecule has 1 rings (SSSR count). The molecule has 0 radical (unpaired) electrons. The number of halogens is 1. The lowest BCUT2D eigenvalue weighted by Gasteiger charge is -2.08. The molecule has 0 saturated heterocycles. The lowest BCUT2D eigenvalue weighted by molar-refractivity contribution is -0.141. The average Bonchev–Trinajstić information content (AvgIpc) is 2.14. The molecular weight excluding hydrogens is 185 g/mol. The molecule has 0 bridgehead atoms. The Hall–Kier alpha value is -1.45. The number of rotatable bonds is 4. The molecule has 1 unspecified atom stereocenters. The molecular formula is C10H12FNO2. The minimum Gasteiger partial charge on any atom is -0.481 e. The largest absolute Gasteiger partial charge is 0.481 e. The highest BCUT2D eigenvalue weighted by Crippen LogP contribution is 2.12. The lowest BCUT2D eigenvalue weighted by Crippen LogP contribution is -2.15. The maximum atomic E-state index is 12.7. The highest BCUT2D eigenvalue weighted by molar-refractivity contribution is 5.70. The standard InChI is InChI=1S/C10H12FNO2/c1-2-8(10(13)14)3-7-4-9(11)6-12-5-7/h4-6,8H,2-3H2,1H3,(H,13,14). The van der Waals surface area contributed by atoms with Crippen molar-refractivity contribution in [3.8, 4) is 0 Å². The van der Waals surface area contributed by atoms with Crippen LogP contribution in [-0.4, -0.2) is 16.1 Å². The quantitative estimate of drug-likeness (QED) is 0.801. The maximum Gasteiger partial charge on any atom is 0.306 e. The first-order valence-electron chi connectivity index (χ1n) is 4.45. The number of hydrogen-bond donors (Lipinski definition) is 1. The van der Waals surface area contributed by atoms with Crippen LogP contribution in [0.3, 0.4) is 0 Å². The fourth-order valence-electron chi connectivity index (χ4n) is 1.26. The topological polar surface area (TPSA) is 50.2 Å². The van der Waals surface area contributed by atoms with Crippen LogP contribution in [0.15, 0.2) is 18.5 Å². The SMILES string of the molecule is CCC(Cc1cncc(F)c1)C(=O)O. The molecule has 1 aromatic heterocycles. The van der Waals surface area contributed by atoms with E-state index in [9.17, 15) is 9.18 Å². The smallest absolute Gasteiger partial charge is 0.306 e. The molecule has 0 fully saturated rings. The number of aliphatic carboxylic acids is 1. The molecule has 0 saturated carbocycles. The van der Waals surface area contributed by atoms with Gasteiger partial charge < -0.3 is 5.11 Å². The Morgan fingerprint density at radius 3 is 2.86 bits per heavy atom. The Kier molecular flexibility index (Phi) is 3.56. The number of carboxylic acid groups (broad SMARTS) is 1. The molecule has 0 aliphatic heterocycles. The zero-order chi connectivity index (χ0) is 10.6. The summed E-state index contributed by atoms with van der Waals surface area (Å²) >= 11 is 0. The van der Waals surface area contributed by atoms with Crippen molar-refractivity contribution in [1.29, 1.82) is 0 Å². The van der Waals surface area contributed by atoms with E-state index in [-0.39, 0.29) is 0 Å². The molecule has 0 aliphatic rings. The third-order valence-electron chi connectivity index (χ3n) is 2.09. The summed E-state index contributed by atoms with van der Waals surface area (Å²) in [7, 11) is 0. The molecule has 0 amide bonds. The third-order valence-corrected chi connectivity index (χ3v) is 2.09. The van der Waals surface area contributed by atoms with Crippen molar-refractivity contribution >= 4 is 5.97 Å². The molecule has 1 heterocycles. The van der Waals surface area contributed by atoms with Gasteiger partial charge in [-0.2, -0.15) is 0 Å². The molecule has 0 spiro atoms. The summed E-state index contributed by atoms with van der Waals surface area (Å²) in [4.78, 5) is 14.4. The molecule has 76 valence electrons.